The smallest absolute Gasteiger partial charge is 0.337 e. The Hall–Kier alpha value is -1.98. The molecule has 0 saturated heterocycles. The van der Waals surface area contributed by atoms with Crippen molar-refractivity contribution in [2.45, 2.75) is 19.8 Å². The summed E-state index contributed by atoms with van der Waals surface area (Å²) in [6, 6.07) is 4.51. The van der Waals surface area contributed by atoms with Crippen LogP contribution in [0.5, 0.6) is 17.4 Å². The maximum absolute atomic E-state index is 11.2. The molecule has 0 aliphatic rings. The molecule has 0 aliphatic heterocycles. The number of carboxylic acid groups (broad SMARTS) is 1. The molecule has 5 nitrogen and oxygen atoms in total. The van der Waals surface area contributed by atoms with Crippen LogP contribution in [-0.4, -0.2) is 23.2 Å². The number of carbonyl (C=O) groups is 1. The van der Waals surface area contributed by atoms with Gasteiger partial charge >= 0.3 is 5.97 Å². The van der Waals surface area contributed by atoms with Crippen LogP contribution in [0.1, 0.15) is 35.7 Å². The van der Waals surface area contributed by atoms with Gasteiger partial charge < -0.3 is 14.6 Å². The summed E-state index contributed by atoms with van der Waals surface area (Å²) >= 11 is 12.2. The molecule has 0 spiro atoms. The second kappa shape index (κ2) is 7.06. The molecule has 1 aromatic carbocycles. The topological polar surface area (TPSA) is 68.7 Å². The van der Waals surface area contributed by atoms with Gasteiger partial charge in [-0.3, -0.25) is 0 Å². The predicted molar refractivity (Wildman–Crippen MR) is 88.4 cm³/mol. The van der Waals surface area contributed by atoms with Gasteiger partial charge in [0.15, 0.2) is 5.75 Å². The van der Waals surface area contributed by atoms with Crippen LogP contribution in [0.4, 0.5) is 0 Å². The van der Waals surface area contributed by atoms with E-state index >= 15 is 0 Å². The largest absolute Gasteiger partial charge is 0.481 e. The number of halogens is 2. The molecular weight excluding hydrogens is 341 g/mol. The molecule has 1 N–H and O–H groups in total. The van der Waals surface area contributed by atoms with Gasteiger partial charge in [-0.25, -0.2) is 9.78 Å². The van der Waals surface area contributed by atoms with Crippen LogP contribution in [0, 0.1) is 0 Å². The van der Waals surface area contributed by atoms with E-state index in [1.54, 1.807) is 13.2 Å². The van der Waals surface area contributed by atoms with Crippen molar-refractivity contribution >= 4 is 29.2 Å². The molecule has 0 unspecified atom stereocenters. The highest BCUT2D eigenvalue weighted by molar-refractivity contribution is 6.39. The van der Waals surface area contributed by atoms with Gasteiger partial charge in [0.05, 0.1) is 28.9 Å². The van der Waals surface area contributed by atoms with E-state index in [4.69, 9.17) is 37.8 Å². The minimum absolute atomic E-state index is 0.0630. The lowest BCUT2D eigenvalue weighted by Gasteiger charge is -2.14. The van der Waals surface area contributed by atoms with Crippen molar-refractivity contribution in [2.24, 2.45) is 0 Å². The third-order valence-corrected chi connectivity index (χ3v) is 3.84. The van der Waals surface area contributed by atoms with Crippen LogP contribution in [0.2, 0.25) is 10.0 Å². The molecule has 7 heteroatoms. The average Bonchev–Trinajstić information content (AvgIpc) is 2.50. The lowest BCUT2D eigenvalue weighted by atomic mass is 10.1. The Morgan fingerprint density at radius 3 is 2.57 bits per heavy atom. The molecule has 23 heavy (non-hydrogen) atoms. The molecule has 2 aromatic rings. The maximum Gasteiger partial charge on any atom is 0.337 e. The zero-order chi connectivity index (χ0) is 17.1. The summed E-state index contributed by atoms with van der Waals surface area (Å²) in [6.07, 6.45) is 1.46. The van der Waals surface area contributed by atoms with Crippen LogP contribution in [0.15, 0.2) is 24.4 Å². The van der Waals surface area contributed by atoms with Gasteiger partial charge in [-0.15, -0.1) is 0 Å². The van der Waals surface area contributed by atoms with E-state index < -0.39 is 5.97 Å². The molecule has 0 aliphatic carbocycles. The van der Waals surface area contributed by atoms with E-state index in [0.29, 0.717) is 11.6 Å². The number of carboxylic acids is 1. The van der Waals surface area contributed by atoms with Crippen LogP contribution in [0.25, 0.3) is 0 Å². The average molecular weight is 356 g/mol. The third-order valence-electron chi connectivity index (χ3n) is 3.17. The fourth-order valence-electron chi connectivity index (χ4n) is 2.00. The van der Waals surface area contributed by atoms with Gasteiger partial charge in [0.1, 0.15) is 5.75 Å². The number of nitrogens with zero attached hydrogens (tertiary/aromatic N) is 1. The number of pyridine rings is 1. The van der Waals surface area contributed by atoms with E-state index in [1.807, 2.05) is 13.8 Å². The Morgan fingerprint density at radius 2 is 2.00 bits per heavy atom. The Morgan fingerprint density at radius 1 is 1.30 bits per heavy atom. The van der Waals surface area contributed by atoms with Crippen molar-refractivity contribution in [1.29, 1.82) is 0 Å². The number of hydrogen-bond donors (Lipinski definition) is 1. The molecular formula is C16H15Cl2NO4. The first-order valence-corrected chi connectivity index (χ1v) is 7.53. The van der Waals surface area contributed by atoms with E-state index in [9.17, 15) is 4.79 Å². The fourth-order valence-corrected chi connectivity index (χ4v) is 2.53. The molecule has 0 amide bonds. The van der Waals surface area contributed by atoms with Gasteiger partial charge in [-0.2, -0.15) is 0 Å². The van der Waals surface area contributed by atoms with Crippen LogP contribution < -0.4 is 9.47 Å². The van der Waals surface area contributed by atoms with Crippen LogP contribution in [-0.2, 0) is 0 Å². The summed E-state index contributed by atoms with van der Waals surface area (Å²) in [5.74, 6) is -0.0240. The van der Waals surface area contributed by atoms with Gasteiger partial charge in [0.25, 0.3) is 0 Å². The Labute approximate surface area is 143 Å². The van der Waals surface area contributed by atoms with Crippen LogP contribution in [0.3, 0.4) is 0 Å². The number of rotatable bonds is 5. The second-order valence-electron chi connectivity index (χ2n) is 5.07. The first kappa shape index (κ1) is 17.4. The molecule has 0 bridgehead atoms. The lowest BCUT2D eigenvalue weighted by molar-refractivity contribution is 0.0696. The molecule has 0 fully saturated rings. The Balaban J connectivity index is 2.45. The van der Waals surface area contributed by atoms with Crippen molar-refractivity contribution in [3.63, 3.8) is 0 Å². The lowest BCUT2D eigenvalue weighted by Crippen LogP contribution is -2.01. The molecule has 122 valence electrons. The first-order valence-electron chi connectivity index (χ1n) is 6.78. The van der Waals surface area contributed by atoms with E-state index in [-0.39, 0.29) is 27.3 Å². The summed E-state index contributed by atoms with van der Waals surface area (Å²) in [4.78, 5) is 15.3. The molecule has 0 radical (unpaired) electrons. The highest BCUT2D eigenvalue weighted by Crippen LogP contribution is 2.39. The molecule has 1 aromatic heterocycles. The normalized spacial score (nSPS) is 10.7. The zero-order valence-corrected chi connectivity index (χ0v) is 14.3. The number of aromatic nitrogens is 1. The summed E-state index contributed by atoms with van der Waals surface area (Å²) in [6.45, 7) is 3.99. The Bertz CT molecular complexity index is 747. The second-order valence-corrected chi connectivity index (χ2v) is 5.85. The van der Waals surface area contributed by atoms with Gasteiger partial charge in [-0.05, 0) is 24.1 Å². The highest BCUT2D eigenvalue weighted by atomic mass is 35.5. The highest BCUT2D eigenvalue weighted by Gasteiger charge is 2.18. The van der Waals surface area contributed by atoms with E-state index in [2.05, 4.69) is 4.98 Å². The van der Waals surface area contributed by atoms with Crippen molar-refractivity contribution in [3.05, 3.63) is 45.6 Å². The summed E-state index contributed by atoms with van der Waals surface area (Å²) < 4.78 is 10.9. The predicted octanol–water partition coefficient (Wildman–Crippen LogP) is 5.01. The van der Waals surface area contributed by atoms with Crippen molar-refractivity contribution in [3.8, 4) is 17.4 Å². The van der Waals surface area contributed by atoms with E-state index in [1.165, 1.54) is 18.3 Å². The monoisotopic (exact) mass is 355 g/mol. The van der Waals surface area contributed by atoms with Crippen molar-refractivity contribution in [2.75, 3.05) is 7.11 Å². The number of aromatic carboxylic acids is 1. The van der Waals surface area contributed by atoms with Gasteiger partial charge in [-0.1, -0.05) is 37.0 Å². The zero-order valence-electron chi connectivity index (χ0n) is 12.8. The molecule has 0 atom stereocenters. The quantitative estimate of drug-likeness (QED) is 0.815. The first-order chi connectivity index (χ1) is 10.8. The standard InChI is InChI=1S/C16H15Cl2NO4/c1-8(2)11-6-9(7-19-15(11)22-3)23-14-12(17)5-4-10(13(14)18)16(20)21/h4-8H,1-3H3,(H,20,21). The molecule has 2 rings (SSSR count). The summed E-state index contributed by atoms with van der Waals surface area (Å²) in [5, 5.41) is 9.27. The number of methoxy groups -OCH3 is 1. The number of hydrogen-bond acceptors (Lipinski definition) is 4. The van der Waals surface area contributed by atoms with Gasteiger partial charge in [0.2, 0.25) is 5.88 Å². The maximum atomic E-state index is 11.2. The number of ether oxygens (including phenoxy) is 2. The van der Waals surface area contributed by atoms with E-state index in [0.717, 1.165) is 5.56 Å². The minimum atomic E-state index is -1.16. The fraction of sp³-hybridized carbons (Fsp3) is 0.250. The minimum Gasteiger partial charge on any atom is -0.481 e. The van der Waals surface area contributed by atoms with Crippen molar-refractivity contribution in [1.82, 2.24) is 4.98 Å². The summed E-state index contributed by atoms with van der Waals surface area (Å²) in [5.41, 5.74) is 0.767. The SMILES string of the molecule is COc1ncc(Oc2c(Cl)ccc(C(=O)O)c2Cl)cc1C(C)C. The molecule has 0 saturated carbocycles. The third kappa shape index (κ3) is 3.68. The van der Waals surface area contributed by atoms with Crippen molar-refractivity contribution < 1.29 is 19.4 Å². The van der Waals surface area contributed by atoms with Gasteiger partial charge in [0, 0.05) is 5.56 Å². The van der Waals surface area contributed by atoms with Crippen LogP contribution >= 0.6 is 23.2 Å². The molecule has 1 heterocycles. The summed E-state index contributed by atoms with van der Waals surface area (Å²) in [7, 11) is 1.54. The Kier molecular flexibility index (Phi) is 5.34. The number of benzene rings is 1.